The second-order valence-electron chi connectivity index (χ2n) is 10.6. The van der Waals surface area contributed by atoms with Gasteiger partial charge in [0.05, 0.1) is 13.2 Å². The maximum absolute atomic E-state index is 15.0. The Labute approximate surface area is 215 Å². The molecular formula is C25H28F5N3O5. The summed E-state index contributed by atoms with van der Waals surface area (Å²) in [5.74, 6) is -6.67. The smallest absolute Gasteiger partial charge is 0.417 e. The van der Waals surface area contributed by atoms with E-state index in [4.69, 9.17) is 18.7 Å². The van der Waals surface area contributed by atoms with Crippen LogP contribution in [0.5, 0.6) is 5.75 Å². The van der Waals surface area contributed by atoms with E-state index in [1.165, 1.54) is 13.8 Å². The first-order chi connectivity index (χ1) is 17.9. The number of anilines is 1. The van der Waals surface area contributed by atoms with Gasteiger partial charge >= 0.3 is 6.18 Å². The molecule has 0 aliphatic carbocycles. The third-order valence-corrected chi connectivity index (χ3v) is 7.96. The van der Waals surface area contributed by atoms with E-state index in [-0.39, 0.29) is 23.3 Å². The first-order valence-corrected chi connectivity index (χ1v) is 12.2. The van der Waals surface area contributed by atoms with Crippen molar-refractivity contribution >= 4 is 11.6 Å². The third-order valence-electron chi connectivity index (χ3n) is 7.96. The van der Waals surface area contributed by atoms with Gasteiger partial charge in [0.2, 0.25) is 5.82 Å². The highest BCUT2D eigenvalue weighted by Gasteiger charge is 2.66. The quantitative estimate of drug-likeness (QED) is 0.526. The normalized spacial score (nSPS) is 28.7. The van der Waals surface area contributed by atoms with Gasteiger partial charge in [-0.15, -0.1) is 0 Å². The van der Waals surface area contributed by atoms with E-state index in [2.05, 4.69) is 15.4 Å². The van der Waals surface area contributed by atoms with Gasteiger partial charge in [0, 0.05) is 42.4 Å². The fraction of sp³-hybridized carbons (Fsp3) is 0.600. The number of hydrogen-bond donors (Lipinski definition) is 1. The molecule has 3 fully saturated rings. The molecule has 4 heterocycles. The van der Waals surface area contributed by atoms with Gasteiger partial charge in [-0.05, 0) is 19.9 Å². The van der Waals surface area contributed by atoms with Crippen molar-refractivity contribution in [1.29, 1.82) is 0 Å². The summed E-state index contributed by atoms with van der Waals surface area (Å²) < 4.78 is 92.9. The summed E-state index contributed by atoms with van der Waals surface area (Å²) in [6, 6.07) is 1.96. The van der Waals surface area contributed by atoms with Crippen LogP contribution in [0, 0.1) is 29.9 Å². The number of nitrogens with zero attached hydrogens (tertiary/aromatic N) is 2. The lowest BCUT2D eigenvalue weighted by Gasteiger charge is -2.55. The number of benzene rings is 1. The number of ether oxygens (including phenoxy) is 3. The lowest BCUT2D eigenvalue weighted by atomic mass is 9.77. The van der Waals surface area contributed by atoms with Crippen LogP contribution in [0.15, 0.2) is 22.9 Å². The Morgan fingerprint density at radius 2 is 1.97 bits per heavy atom. The second kappa shape index (κ2) is 9.45. The zero-order valence-corrected chi connectivity index (χ0v) is 21.0. The van der Waals surface area contributed by atoms with Crippen LogP contribution in [0.4, 0.5) is 27.6 Å². The van der Waals surface area contributed by atoms with Crippen LogP contribution >= 0.6 is 0 Å². The van der Waals surface area contributed by atoms with E-state index in [9.17, 15) is 22.4 Å². The van der Waals surface area contributed by atoms with E-state index in [0.29, 0.717) is 25.5 Å². The number of aryl methyl sites for hydroxylation is 1. The number of likely N-dealkylation sites (tertiary alicyclic amines) is 1. The Balaban J connectivity index is 1.43. The molecule has 2 aromatic rings. The van der Waals surface area contributed by atoms with Gasteiger partial charge in [-0.1, -0.05) is 18.1 Å². The van der Waals surface area contributed by atoms with Crippen LogP contribution in [0.25, 0.3) is 0 Å². The molecule has 38 heavy (non-hydrogen) atoms. The Hall–Kier alpha value is -2.77. The van der Waals surface area contributed by atoms with Crippen molar-refractivity contribution in [1.82, 2.24) is 10.1 Å². The summed E-state index contributed by atoms with van der Waals surface area (Å²) in [7, 11) is 0. The standard InChI is InChI=1S/C25H28F5N3O5/c1-13-18(21(38-23(13,3)25(28,29)30)22(34)31-17-8-37-32-14(17)2)15-4-5-16(26)19(27)20(15)36-7-6-33-9-24(10-33)11-35-12-24/h4-5,8,13,18,21H,6-7,9-12H2,1-3H3,(H,31,34)/t13-,18-,21+,23+/m0/s1. The molecule has 1 N–H and O–H groups in total. The zero-order valence-electron chi connectivity index (χ0n) is 21.0. The highest BCUT2D eigenvalue weighted by atomic mass is 19.4. The molecule has 5 rings (SSSR count). The van der Waals surface area contributed by atoms with Crippen molar-refractivity contribution in [2.45, 2.75) is 44.6 Å². The maximum atomic E-state index is 15.0. The fourth-order valence-electron chi connectivity index (χ4n) is 5.51. The number of alkyl halides is 3. The molecule has 3 aliphatic rings. The fourth-order valence-corrected chi connectivity index (χ4v) is 5.51. The van der Waals surface area contributed by atoms with Crippen LogP contribution < -0.4 is 10.1 Å². The van der Waals surface area contributed by atoms with Gasteiger partial charge in [0.15, 0.2) is 17.2 Å². The average molecular weight is 546 g/mol. The molecule has 1 aromatic carbocycles. The monoisotopic (exact) mass is 545 g/mol. The largest absolute Gasteiger partial charge is 0.489 e. The number of rotatable bonds is 7. The minimum Gasteiger partial charge on any atom is -0.489 e. The van der Waals surface area contributed by atoms with E-state index >= 15 is 4.39 Å². The van der Waals surface area contributed by atoms with Crippen molar-refractivity contribution in [2.24, 2.45) is 11.3 Å². The van der Waals surface area contributed by atoms with Crippen LogP contribution in [0.3, 0.4) is 0 Å². The Morgan fingerprint density at radius 1 is 1.26 bits per heavy atom. The zero-order chi connectivity index (χ0) is 27.5. The molecule has 1 aromatic heterocycles. The number of amides is 1. The first-order valence-electron chi connectivity index (χ1n) is 12.2. The molecule has 1 spiro atoms. The maximum Gasteiger partial charge on any atom is 0.417 e. The molecule has 0 saturated carbocycles. The third kappa shape index (κ3) is 4.43. The summed E-state index contributed by atoms with van der Waals surface area (Å²) in [4.78, 5) is 15.3. The van der Waals surface area contributed by atoms with Crippen molar-refractivity contribution < 1.29 is 45.5 Å². The van der Waals surface area contributed by atoms with Gasteiger partial charge in [-0.3, -0.25) is 9.69 Å². The Bertz CT molecular complexity index is 1210. The van der Waals surface area contributed by atoms with E-state index in [1.807, 2.05) is 0 Å². The predicted molar refractivity (Wildman–Crippen MR) is 123 cm³/mol. The SMILES string of the molecule is Cc1nocc1NC(=O)[C@@H]1O[C@@](C)(C(F)(F)F)[C@@H](C)[C@H]1c1ccc(F)c(F)c1OCCN1CC2(COC2)C1. The first kappa shape index (κ1) is 26.8. The van der Waals surface area contributed by atoms with E-state index < -0.39 is 53.0 Å². The molecule has 3 aliphatic heterocycles. The molecule has 1 amide bonds. The molecular weight excluding hydrogens is 517 g/mol. The van der Waals surface area contributed by atoms with Gasteiger partial charge in [-0.25, -0.2) is 4.39 Å². The minimum atomic E-state index is -4.86. The molecule has 0 bridgehead atoms. The van der Waals surface area contributed by atoms with Gasteiger partial charge < -0.3 is 24.1 Å². The summed E-state index contributed by atoms with van der Waals surface area (Å²) in [5.41, 5.74) is -2.23. The number of carbonyl (C=O) groups is 1. The van der Waals surface area contributed by atoms with Crippen molar-refractivity contribution in [3.05, 3.63) is 41.3 Å². The average Bonchev–Trinajstić information content (AvgIpc) is 3.32. The molecule has 0 radical (unpaired) electrons. The summed E-state index contributed by atoms with van der Waals surface area (Å²) >= 11 is 0. The number of nitrogens with one attached hydrogen (secondary N) is 1. The Kier molecular flexibility index (Phi) is 6.67. The highest BCUT2D eigenvalue weighted by Crippen LogP contribution is 2.55. The second-order valence-corrected chi connectivity index (χ2v) is 10.6. The minimum absolute atomic E-state index is 0.0282. The highest BCUT2D eigenvalue weighted by molar-refractivity contribution is 5.95. The van der Waals surface area contributed by atoms with Crippen LogP contribution in [-0.2, 0) is 14.3 Å². The van der Waals surface area contributed by atoms with Crippen LogP contribution in [0.2, 0.25) is 0 Å². The number of carbonyl (C=O) groups excluding carboxylic acids is 1. The predicted octanol–water partition coefficient (Wildman–Crippen LogP) is 4.05. The van der Waals surface area contributed by atoms with Crippen molar-refractivity contribution in [3.63, 3.8) is 0 Å². The number of aromatic nitrogens is 1. The van der Waals surface area contributed by atoms with E-state index in [1.54, 1.807) is 0 Å². The lowest BCUT2D eigenvalue weighted by Crippen LogP contribution is -2.66. The summed E-state index contributed by atoms with van der Waals surface area (Å²) in [6.45, 7) is 6.96. The summed E-state index contributed by atoms with van der Waals surface area (Å²) in [6.07, 6.45) is -5.43. The lowest BCUT2D eigenvalue weighted by molar-refractivity contribution is -0.272. The van der Waals surface area contributed by atoms with Crippen LogP contribution in [0.1, 0.15) is 31.0 Å². The molecule has 3 saturated heterocycles. The van der Waals surface area contributed by atoms with Gasteiger partial charge in [0.25, 0.3) is 5.91 Å². The van der Waals surface area contributed by atoms with E-state index in [0.717, 1.165) is 38.4 Å². The number of hydrogen-bond acceptors (Lipinski definition) is 7. The topological polar surface area (TPSA) is 86.1 Å². The number of halogens is 5. The molecule has 0 unspecified atom stereocenters. The van der Waals surface area contributed by atoms with Crippen LogP contribution in [-0.4, -0.2) is 73.3 Å². The Morgan fingerprint density at radius 3 is 2.55 bits per heavy atom. The van der Waals surface area contributed by atoms with Crippen molar-refractivity contribution in [2.75, 3.05) is 44.8 Å². The van der Waals surface area contributed by atoms with Gasteiger partial charge in [-0.2, -0.15) is 17.6 Å². The van der Waals surface area contributed by atoms with Gasteiger partial charge in [0.1, 0.15) is 30.4 Å². The molecule has 8 nitrogen and oxygen atoms in total. The molecule has 208 valence electrons. The van der Waals surface area contributed by atoms with Crippen molar-refractivity contribution in [3.8, 4) is 5.75 Å². The molecule has 13 heteroatoms. The summed E-state index contributed by atoms with van der Waals surface area (Å²) in [5, 5.41) is 6.10. The molecule has 4 atom stereocenters.